The Hall–Kier alpha value is -1.64. The Morgan fingerprint density at radius 3 is 3.00 bits per heavy atom. The van der Waals surface area contributed by atoms with Crippen LogP contribution in [-0.2, 0) is 0 Å². The molecule has 1 aliphatic rings. The van der Waals surface area contributed by atoms with E-state index in [0.29, 0.717) is 11.8 Å². The zero-order valence-electron chi connectivity index (χ0n) is 11.3. The van der Waals surface area contributed by atoms with Crippen LogP contribution in [0.3, 0.4) is 0 Å². The van der Waals surface area contributed by atoms with Gasteiger partial charge in [-0.1, -0.05) is 13.8 Å². The predicted octanol–water partition coefficient (Wildman–Crippen LogP) is 3.61. The molecule has 0 saturated heterocycles. The van der Waals surface area contributed by atoms with E-state index >= 15 is 0 Å². The highest BCUT2D eigenvalue weighted by Crippen LogP contribution is 2.36. The summed E-state index contributed by atoms with van der Waals surface area (Å²) in [7, 11) is 1.69. The van der Waals surface area contributed by atoms with Crippen molar-refractivity contribution >= 4 is 18.1 Å². The van der Waals surface area contributed by atoms with Gasteiger partial charge in [-0.05, 0) is 42.3 Å². The zero-order chi connectivity index (χ0) is 13.0. The molecule has 0 aliphatic carbocycles. The molecule has 2 rings (SSSR count). The molecule has 1 aliphatic heterocycles. The van der Waals surface area contributed by atoms with Crippen molar-refractivity contribution in [2.45, 2.75) is 26.2 Å². The molecule has 3 nitrogen and oxygen atoms in total. The number of fused-ring (bicyclic) bond motifs is 1. The van der Waals surface area contributed by atoms with E-state index < -0.39 is 0 Å². The van der Waals surface area contributed by atoms with Crippen LogP contribution in [0.1, 0.15) is 31.7 Å². The zero-order valence-corrected chi connectivity index (χ0v) is 11.3. The maximum atomic E-state index is 5.26. The van der Waals surface area contributed by atoms with Crippen LogP contribution in [0.2, 0.25) is 0 Å². The molecule has 1 atom stereocenters. The van der Waals surface area contributed by atoms with Gasteiger partial charge in [0.2, 0.25) is 0 Å². The molecule has 18 heavy (non-hydrogen) atoms. The lowest BCUT2D eigenvalue weighted by Crippen LogP contribution is -1.99. The van der Waals surface area contributed by atoms with Crippen LogP contribution in [0, 0.1) is 5.92 Å². The molecule has 1 aromatic carbocycles. The summed E-state index contributed by atoms with van der Waals surface area (Å²) in [5, 5.41) is 0. The van der Waals surface area contributed by atoms with Crippen molar-refractivity contribution in [1.29, 1.82) is 0 Å². The molecule has 0 bridgehead atoms. The lowest BCUT2D eigenvalue weighted by atomic mass is 9.98. The van der Waals surface area contributed by atoms with E-state index in [2.05, 4.69) is 29.9 Å². The number of methoxy groups -OCH3 is 1. The number of ether oxygens (including phenoxy) is 1. The molecular weight excluding hydrogens is 224 g/mol. The first-order chi connectivity index (χ1) is 8.70. The van der Waals surface area contributed by atoms with Crippen LogP contribution in [0.15, 0.2) is 28.2 Å². The molecule has 0 unspecified atom stereocenters. The summed E-state index contributed by atoms with van der Waals surface area (Å²) in [5.41, 5.74) is 2.29. The molecular formula is C15H20N2O. The van der Waals surface area contributed by atoms with Crippen LogP contribution in [-0.4, -0.2) is 26.1 Å². The van der Waals surface area contributed by atoms with Gasteiger partial charge in [-0.25, -0.2) is 0 Å². The van der Waals surface area contributed by atoms with Crippen molar-refractivity contribution in [3.63, 3.8) is 0 Å². The average molecular weight is 244 g/mol. The Balaban J connectivity index is 2.02. The summed E-state index contributed by atoms with van der Waals surface area (Å²) in [6.45, 7) is 5.25. The van der Waals surface area contributed by atoms with E-state index in [4.69, 9.17) is 4.74 Å². The van der Waals surface area contributed by atoms with E-state index in [0.717, 1.165) is 24.4 Å². The Morgan fingerprint density at radius 1 is 1.44 bits per heavy atom. The van der Waals surface area contributed by atoms with Crippen LogP contribution in [0.4, 0.5) is 5.69 Å². The third-order valence-electron chi connectivity index (χ3n) is 2.99. The van der Waals surface area contributed by atoms with E-state index in [1.165, 1.54) is 5.56 Å². The summed E-state index contributed by atoms with van der Waals surface area (Å²) >= 11 is 0. The summed E-state index contributed by atoms with van der Waals surface area (Å²) in [5.74, 6) is 1.85. The predicted molar refractivity (Wildman–Crippen MR) is 76.7 cm³/mol. The third kappa shape index (κ3) is 2.97. The highest BCUT2D eigenvalue weighted by Gasteiger charge is 2.18. The Morgan fingerprint density at radius 2 is 2.28 bits per heavy atom. The van der Waals surface area contributed by atoms with Gasteiger partial charge in [0.25, 0.3) is 0 Å². The smallest absolute Gasteiger partial charge is 0.119 e. The van der Waals surface area contributed by atoms with Crippen molar-refractivity contribution < 1.29 is 4.74 Å². The van der Waals surface area contributed by atoms with E-state index in [-0.39, 0.29) is 0 Å². The quantitative estimate of drug-likeness (QED) is 0.728. The van der Waals surface area contributed by atoms with Gasteiger partial charge in [0, 0.05) is 18.7 Å². The normalized spacial score (nSPS) is 17.7. The van der Waals surface area contributed by atoms with Gasteiger partial charge in [-0.2, -0.15) is 0 Å². The van der Waals surface area contributed by atoms with Crippen molar-refractivity contribution in [2.75, 3.05) is 13.7 Å². The molecule has 1 aromatic rings. The second kappa shape index (κ2) is 5.80. The monoisotopic (exact) mass is 244 g/mol. The highest BCUT2D eigenvalue weighted by molar-refractivity contribution is 5.84. The summed E-state index contributed by atoms with van der Waals surface area (Å²) < 4.78 is 5.26. The maximum absolute atomic E-state index is 5.26. The molecule has 3 heteroatoms. The summed E-state index contributed by atoms with van der Waals surface area (Å²) in [6, 6.07) is 6.03. The number of rotatable bonds is 5. The Bertz CT molecular complexity index is 464. The van der Waals surface area contributed by atoms with Crippen molar-refractivity contribution in [3.8, 4) is 5.75 Å². The molecule has 0 spiro atoms. The summed E-state index contributed by atoms with van der Waals surface area (Å²) in [6.07, 6.45) is 4.94. The van der Waals surface area contributed by atoms with E-state index in [1.54, 1.807) is 7.11 Å². The molecule has 0 N–H and O–H groups in total. The van der Waals surface area contributed by atoms with Gasteiger partial charge in [0.15, 0.2) is 0 Å². The average Bonchev–Trinajstić information content (AvgIpc) is 2.76. The fourth-order valence-corrected chi connectivity index (χ4v) is 1.99. The van der Waals surface area contributed by atoms with Gasteiger partial charge < -0.3 is 4.74 Å². The maximum Gasteiger partial charge on any atom is 0.119 e. The minimum atomic E-state index is 0.339. The van der Waals surface area contributed by atoms with Crippen LogP contribution in [0.25, 0.3) is 0 Å². The summed E-state index contributed by atoms with van der Waals surface area (Å²) in [4.78, 5) is 8.86. The molecule has 0 fully saturated rings. The molecule has 0 saturated carbocycles. The lowest BCUT2D eigenvalue weighted by molar-refractivity contribution is 0.414. The number of hydrogen-bond acceptors (Lipinski definition) is 3. The number of nitrogens with zero attached hydrogens (tertiary/aromatic N) is 2. The van der Waals surface area contributed by atoms with Gasteiger partial charge in [0.1, 0.15) is 5.75 Å². The second-order valence-electron chi connectivity index (χ2n) is 4.99. The topological polar surface area (TPSA) is 34.0 Å². The second-order valence-corrected chi connectivity index (χ2v) is 4.99. The molecule has 1 heterocycles. The highest BCUT2D eigenvalue weighted by atomic mass is 16.5. The largest absolute Gasteiger partial charge is 0.497 e. The Labute approximate surface area is 109 Å². The fraction of sp³-hybridized carbons (Fsp3) is 0.467. The molecule has 0 amide bonds. The van der Waals surface area contributed by atoms with Crippen LogP contribution < -0.4 is 4.74 Å². The molecule has 96 valence electrons. The number of benzene rings is 1. The molecule has 0 aromatic heterocycles. The van der Waals surface area contributed by atoms with Crippen molar-refractivity contribution in [2.24, 2.45) is 15.9 Å². The van der Waals surface area contributed by atoms with Gasteiger partial charge in [0.05, 0.1) is 12.8 Å². The first kappa shape index (κ1) is 12.8. The SMILES string of the molecule is COc1ccc2c(c1)[C@@H](CC=NCC(C)C)C=N2. The van der Waals surface area contributed by atoms with Crippen molar-refractivity contribution in [1.82, 2.24) is 0 Å². The molecule has 0 radical (unpaired) electrons. The Kier molecular flexibility index (Phi) is 4.13. The third-order valence-corrected chi connectivity index (χ3v) is 2.99. The van der Waals surface area contributed by atoms with Gasteiger partial charge in [-0.3, -0.25) is 9.98 Å². The standard InChI is InChI=1S/C15H20N2O/c1-11(2)9-16-7-6-12-10-17-15-5-4-13(18-3)8-14(12)15/h4-5,7-8,10-12H,6,9H2,1-3H3/t12-/m0/s1. The number of hydrogen-bond donors (Lipinski definition) is 0. The first-order valence-corrected chi connectivity index (χ1v) is 6.41. The minimum Gasteiger partial charge on any atom is -0.497 e. The fourth-order valence-electron chi connectivity index (χ4n) is 1.99. The van der Waals surface area contributed by atoms with Gasteiger partial charge in [-0.15, -0.1) is 0 Å². The van der Waals surface area contributed by atoms with Gasteiger partial charge >= 0.3 is 0 Å². The lowest BCUT2D eigenvalue weighted by Gasteiger charge is -2.08. The van der Waals surface area contributed by atoms with Crippen LogP contribution in [0.5, 0.6) is 5.75 Å². The van der Waals surface area contributed by atoms with E-state index in [1.807, 2.05) is 24.6 Å². The number of aliphatic imine (C=N–C) groups is 2. The first-order valence-electron chi connectivity index (χ1n) is 6.41. The van der Waals surface area contributed by atoms with E-state index in [9.17, 15) is 0 Å². The van der Waals surface area contributed by atoms with Crippen LogP contribution >= 0.6 is 0 Å². The van der Waals surface area contributed by atoms with Crippen molar-refractivity contribution in [3.05, 3.63) is 23.8 Å². The minimum absolute atomic E-state index is 0.339.